The fraction of sp³-hybridized carbons (Fsp3) is 0.154. The lowest BCUT2D eigenvalue weighted by Crippen LogP contribution is -1.92. The Kier molecular flexibility index (Phi) is 2.77. The van der Waals surface area contributed by atoms with Crippen LogP contribution in [0.3, 0.4) is 0 Å². The summed E-state index contributed by atoms with van der Waals surface area (Å²) in [7, 11) is 1.61. The van der Waals surface area contributed by atoms with E-state index in [0.717, 1.165) is 16.8 Å². The molecule has 0 fully saturated rings. The number of anilines is 1. The lowest BCUT2D eigenvalue weighted by molar-refractivity contribution is 0.417. The second kappa shape index (κ2) is 4.23. The number of benzene rings is 1. The van der Waals surface area contributed by atoms with Crippen LogP contribution in [0, 0.1) is 6.92 Å². The fourth-order valence-electron chi connectivity index (χ4n) is 1.64. The van der Waals surface area contributed by atoms with Gasteiger partial charge in [-0.2, -0.15) is 0 Å². The van der Waals surface area contributed by atoms with E-state index in [1.165, 1.54) is 0 Å². The third-order valence-electron chi connectivity index (χ3n) is 2.46. The third-order valence-corrected chi connectivity index (χ3v) is 2.46. The van der Waals surface area contributed by atoms with E-state index >= 15 is 0 Å². The summed E-state index contributed by atoms with van der Waals surface area (Å²) in [5.74, 6) is 0.703. The number of aromatic nitrogens is 1. The number of ether oxygens (including phenoxy) is 1. The van der Waals surface area contributed by atoms with Crippen molar-refractivity contribution in [1.29, 1.82) is 0 Å². The second-order valence-corrected chi connectivity index (χ2v) is 3.64. The molecule has 2 rings (SSSR count). The van der Waals surface area contributed by atoms with Crippen molar-refractivity contribution in [2.75, 3.05) is 12.8 Å². The lowest BCUT2D eigenvalue weighted by atomic mass is 10.1. The summed E-state index contributed by atoms with van der Waals surface area (Å²) in [4.78, 5) is 4.17. The van der Waals surface area contributed by atoms with Gasteiger partial charge in [0.2, 0.25) is 0 Å². The van der Waals surface area contributed by atoms with Gasteiger partial charge in [-0.15, -0.1) is 0 Å². The topological polar surface area (TPSA) is 48.1 Å². The maximum Gasteiger partial charge on any atom is 0.141 e. The Morgan fingerprint density at radius 1 is 1.12 bits per heavy atom. The average Bonchev–Trinajstić information content (AvgIpc) is 2.29. The first kappa shape index (κ1) is 10.5. The molecule has 16 heavy (non-hydrogen) atoms. The third kappa shape index (κ3) is 1.98. The minimum atomic E-state index is 0.648. The first-order valence-corrected chi connectivity index (χ1v) is 5.07. The highest BCUT2D eigenvalue weighted by Gasteiger charge is 2.03. The Morgan fingerprint density at radius 2 is 1.88 bits per heavy atom. The van der Waals surface area contributed by atoms with E-state index in [0.29, 0.717) is 11.4 Å². The van der Waals surface area contributed by atoms with Crippen LogP contribution < -0.4 is 10.5 Å². The Hall–Kier alpha value is -2.03. The Morgan fingerprint density at radius 3 is 2.50 bits per heavy atom. The maximum atomic E-state index is 5.87. The van der Waals surface area contributed by atoms with Gasteiger partial charge >= 0.3 is 0 Å². The van der Waals surface area contributed by atoms with Crippen LogP contribution in [0.4, 0.5) is 5.69 Å². The van der Waals surface area contributed by atoms with Crippen LogP contribution in [0.5, 0.6) is 5.75 Å². The van der Waals surface area contributed by atoms with Crippen LogP contribution in [0.15, 0.2) is 36.5 Å². The van der Waals surface area contributed by atoms with Crippen LogP contribution in [0.2, 0.25) is 0 Å². The van der Waals surface area contributed by atoms with E-state index < -0.39 is 0 Å². The molecule has 1 heterocycles. The number of nitrogens with two attached hydrogens (primary N) is 1. The normalized spacial score (nSPS) is 10.1. The first-order chi connectivity index (χ1) is 7.70. The highest BCUT2D eigenvalue weighted by molar-refractivity contribution is 5.70. The first-order valence-electron chi connectivity index (χ1n) is 5.07. The monoisotopic (exact) mass is 214 g/mol. The van der Waals surface area contributed by atoms with Crippen molar-refractivity contribution < 1.29 is 4.74 Å². The number of hydrogen-bond donors (Lipinski definition) is 1. The molecule has 82 valence electrons. The van der Waals surface area contributed by atoms with Gasteiger partial charge in [-0.3, -0.25) is 4.98 Å². The van der Waals surface area contributed by atoms with Crippen LogP contribution in [0.1, 0.15) is 5.69 Å². The molecule has 1 aromatic carbocycles. The number of rotatable bonds is 2. The molecule has 0 aliphatic rings. The molecule has 2 N–H and O–H groups in total. The lowest BCUT2D eigenvalue weighted by Gasteiger charge is -2.07. The summed E-state index contributed by atoms with van der Waals surface area (Å²) in [5.41, 5.74) is 9.69. The molecule has 0 saturated heterocycles. The number of hydrogen-bond acceptors (Lipinski definition) is 3. The van der Waals surface area contributed by atoms with Crippen LogP contribution >= 0.6 is 0 Å². The molecule has 3 heteroatoms. The van der Waals surface area contributed by atoms with Crippen molar-refractivity contribution in [3.05, 3.63) is 42.2 Å². The zero-order valence-electron chi connectivity index (χ0n) is 9.40. The van der Waals surface area contributed by atoms with Crippen molar-refractivity contribution in [2.24, 2.45) is 0 Å². The van der Waals surface area contributed by atoms with E-state index in [4.69, 9.17) is 10.5 Å². The van der Waals surface area contributed by atoms with Gasteiger partial charge in [-0.1, -0.05) is 6.07 Å². The van der Waals surface area contributed by atoms with E-state index in [2.05, 4.69) is 4.98 Å². The molecule has 0 aliphatic heterocycles. The molecule has 0 saturated carbocycles. The Labute approximate surface area is 94.9 Å². The molecular weight excluding hydrogens is 200 g/mol. The molecule has 3 nitrogen and oxygen atoms in total. The summed E-state index contributed by atoms with van der Waals surface area (Å²) in [5, 5.41) is 0. The number of pyridine rings is 1. The van der Waals surface area contributed by atoms with E-state index in [9.17, 15) is 0 Å². The zero-order chi connectivity index (χ0) is 11.5. The highest BCUT2D eigenvalue weighted by Crippen LogP contribution is 2.28. The molecule has 0 aliphatic carbocycles. The molecule has 0 spiro atoms. The molecule has 0 unspecified atom stereocenters. The SMILES string of the molecule is COc1ccc(-c2ccnc(C)c2)cc1N. The van der Waals surface area contributed by atoms with Crippen molar-refractivity contribution in [2.45, 2.75) is 6.92 Å². The van der Waals surface area contributed by atoms with Crippen molar-refractivity contribution >= 4 is 5.69 Å². The summed E-state index contributed by atoms with van der Waals surface area (Å²) >= 11 is 0. The van der Waals surface area contributed by atoms with Gasteiger partial charge in [0.15, 0.2) is 0 Å². The fourth-order valence-corrected chi connectivity index (χ4v) is 1.64. The zero-order valence-corrected chi connectivity index (χ0v) is 9.40. The second-order valence-electron chi connectivity index (χ2n) is 3.64. The van der Waals surface area contributed by atoms with Gasteiger partial charge in [0.25, 0.3) is 0 Å². The predicted octanol–water partition coefficient (Wildman–Crippen LogP) is 2.65. The summed E-state index contributed by atoms with van der Waals surface area (Å²) in [6, 6.07) is 9.77. The van der Waals surface area contributed by atoms with Gasteiger partial charge in [-0.25, -0.2) is 0 Å². The van der Waals surface area contributed by atoms with Gasteiger partial charge in [-0.05, 0) is 42.3 Å². The van der Waals surface area contributed by atoms with Crippen LogP contribution in [0.25, 0.3) is 11.1 Å². The van der Waals surface area contributed by atoms with Crippen molar-refractivity contribution in [3.8, 4) is 16.9 Å². The molecule has 0 atom stereocenters. The number of nitrogens with zero attached hydrogens (tertiary/aromatic N) is 1. The average molecular weight is 214 g/mol. The highest BCUT2D eigenvalue weighted by atomic mass is 16.5. The van der Waals surface area contributed by atoms with Crippen LogP contribution in [-0.2, 0) is 0 Å². The molecule has 0 radical (unpaired) electrons. The number of aryl methyl sites for hydroxylation is 1. The van der Waals surface area contributed by atoms with Gasteiger partial charge in [0, 0.05) is 11.9 Å². The standard InChI is InChI=1S/C13H14N2O/c1-9-7-11(5-6-15-9)10-3-4-13(16-2)12(14)8-10/h3-8H,14H2,1-2H3. The number of methoxy groups -OCH3 is 1. The number of nitrogen functional groups attached to an aromatic ring is 1. The van der Waals surface area contributed by atoms with Crippen molar-refractivity contribution in [3.63, 3.8) is 0 Å². The van der Waals surface area contributed by atoms with Crippen LogP contribution in [-0.4, -0.2) is 12.1 Å². The predicted molar refractivity (Wildman–Crippen MR) is 65.4 cm³/mol. The minimum Gasteiger partial charge on any atom is -0.495 e. The summed E-state index contributed by atoms with van der Waals surface area (Å²) in [6.07, 6.45) is 1.80. The summed E-state index contributed by atoms with van der Waals surface area (Å²) < 4.78 is 5.12. The Bertz CT molecular complexity index is 509. The van der Waals surface area contributed by atoms with Crippen molar-refractivity contribution in [1.82, 2.24) is 4.98 Å². The van der Waals surface area contributed by atoms with E-state index in [1.54, 1.807) is 13.3 Å². The minimum absolute atomic E-state index is 0.648. The largest absolute Gasteiger partial charge is 0.495 e. The molecular formula is C13H14N2O. The maximum absolute atomic E-state index is 5.87. The van der Waals surface area contributed by atoms with E-state index in [1.807, 2.05) is 37.3 Å². The van der Waals surface area contributed by atoms with Gasteiger partial charge in [0.1, 0.15) is 5.75 Å². The smallest absolute Gasteiger partial charge is 0.141 e. The molecule has 0 bridgehead atoms. The van der Waals surface area contributed by atoms with Gasteiger partial charge < -0.3 is 10.5 Å². The molecule has 1 aromatic heterocycles. The van der Waals surface area contributed by atoms with Gasteiger partial charge in [0.05, 0.1) is 12.8 Å². The Balaban J connectivity index is 2.45. The molecule has 0 amide bonds. The molecule has 2 aromatic rings. The summed E-state index contributed by atoms with van der Waals surface area (Å²) in [6.45, 7) is 1.97. The van der Waals surface area contributed by atoms with E-state index in [-0.39, 0.29) is 0 Å². The quantitative estimate of drug-likeness (QED) is 0.782.